The number of rotatable bonds is 4. The Labute approximate surface area is 89.7 Å². The highest BCUT2D eigenvalue weighted by atomic mass is 31.2. The maximum Gasteiger partial charge on any atom is 0.330 e. The standard InChI is InChI=1S/C7H13NO2.CH5O3P/c1-4-7(9)10-6-5-8(2)3;1-5(2,3)4/h4H,1,5-6H2,2-3H3;1H3,(H2,2,3,4). The first-order valence-electron chi connectivity index (χ1n) is 4.13. The van der Waals surface area contributed by atoms with Crippen molar-refractivity contribution in [2.24, 2.45) is 0 Å². The molecule has 0 saturated carbocycles. The van der Waals surface area contributed by atoms with Crippen molar-refractivity contribution in [3.8, 4) is 0 Å². The highest BCUT2D eigenvalue weighted by Gasteiger charge is 1.95. The van der Waals surface area contributed by atoms with Gasteiger partial charge in [0, 0.05) is 19.3 Å². The minimum Gasteiger partial charge on any atom is -0.461 e. The lowest BCUT2D eigenvalue weighted by molar-refractivity contribution is -0.137. The minimum atomic E-state index is -3.64. The first-order valence-corrected chi connectivity index (χ1v) is 6.19. The van der Waals surface area contributed by atoms with Crippen molar-refractivity contribution in [2.75, 3.05) is 33.9 Å². The highest BCUT2D eigenvalue weighted by molar-refractivity contribution is 7.50. The lowest BCUT2D eigenvalue weighted by atomic mass is 10.6. The van der Waals surface area contributed by atoms with Crippen LogP contribution < -0.4 is 0 Å². The van der Waals surface area contributed by atoms with Crippen molar-refractivity contribution in [3.63, 3.8) is 0 Å². The summed E-state index contributed by atoms with van der Waals surface area (Å²) in [6.45, 7) is 5.30. The normalized spacial score (nSPS) is 10.3. The average Bonchev–Trinajstić information content (AvgIpc) is 2.00. The molecule has 0 heterocycles. The van der Waals surface area contributed by atoms with Crippen LogP contribution in [0.3, 0.4) is 0 Å². The Kier molecular flexibility index (Phi) is 9.61. The summed E-state index contributed by atoms with van der Waals surface area (Å²) >= 11 is 0. The molecule has 0 aliphatic carbocycles. The Hall–Kier alpha value is -0.680. The molecular weight excluding hydrogens is 221 g/mol. The molecule has 90 valence electrons. The van der Waals surface area contributed by atoms with E-state index in [0.29, 0.717) is 6.61 Å². The topological polar surface area (TPSA) is 87.1 Å². The van der Waals surface area contributed by atoms with Crippen LogP contribution in [-0.4, -0.2) is 54.6 Å². The van der Waals surface area contributed by atoms with Gasteiger partial charge in [-0.3, -0.25) is 4.57 Å². The molecule has 6 nitrogen and oxygen atoms in total. The maximum absolute atomic E-state index is 10.4. The third kappa shape index (κ3) is 31.9. The smallest absolute Gasteiger partial charge is 0.330 e. The molecule has 0 aromatic heterocycles. The van der Waals surface area contributed by atoms with E-state index in [4.69, 9.17) is 14.5 Å². The summed E-state index contributed by atoms with van der Waals surface area (Å²) in [5.74, 6) is -0.359. The fraction of sp³-hybridized carbons (Fsp3) is 0.625. The molecule has 15 heavy (non-hydrogen) atoms. The van der Waals surface area contributed by atoms with Crippen LogP contribution in [0.2, 0.25) is 0 Å². The second kappa shape index (κ2) is 8.61. The van der Waals surface area contributed by atoms with Gasteiger partial charge in [-0.2, -0.15) is 0 Å². The highest BCUT2D eigenvalue weighted by Crippen LogP contribution is 2.26. The molecular formula is C8H18NO5P. The number of likely N-dealkylation sites (N-methyl/N-ethyl adjacent to an activating group) is 1. The van der Waals surface area contributed by atoms with Gasteiger partial charge < -0.3 is 19.4 Å². The number of esters is 1. The molecule has 0 spiro atoms. The minimum absolute atomic E-state index is 0.359. The largest absolute Gasteiger partial charge is 0.461 e. The molecule has 0 fully saturated rings. The summed E-state index contributed by atoms with van der Waals surface area (Å²) in [6, 6.07) is 0. The molecule has 0 bridgehead atoms. The third-order valence-electron chi connectivity index (χ3n) is 0.949. The van der Waals surface area contributed by atoms with Gasteiger partial charge in [0.05, 0.1) is 0 Å². The van der Waals surface area contributed by atoms with Crippen molar-refractivity contribution in [1.29, 1.82) is 0 Å². The molecule has 0 aromatic carbocycles. The van der Waals surface area contributed by atoms with Crippen LogP contribution in [0.25, 0.3) is 0 Å². The van der Waals surface area contributed by atoms with E-state index in [0.717, 1.165) is 19.3 Å². The molecule has 0 saturated heterocycles. The van der Waals surface area contributed by atoms with E-state index in [1.165, 1.54) is 0 Å². The molecule has 0 radical (unpaired) electrons. The molecule has 0 rings (SSSR count). The molecule has 0 aromatic rings. The Morgan fingerprint density at radius 3 is 2.20 bits per heavy atom. The first-order chi connectivity index (χ1) is 6.66. The number of hydrogen-bond acceptors (Lipinski definition) is 4. The fourth-order valence-electron chi connectivity index (χ4n) is 0.388. The zero-order valence-electron chi connectivity index (χ0n) is 9.21. The summed E-state index contributed by atoms with van der Waals surface area (Å²) in [4.78, 5) is 27.6. The quantitative estimate of drug-likeness (QED) is 0.410. The summed E-state index contributed by atoms with van der Waals surface area (Å²) in [7, 11) is 0.198. The Bertz CT molecular complexity index is 227. The van der Waals surface area contributed by atoms with Gasteiger partial charge in [0.15, 0.2) is 0 Å². The Balaban J connectivity index is 0. The zero-order valence-corrected chi connectivity index (χ0v) is 10.1. The second-order valence-electron chi connectivity index (χ2n) is 3.01. The molecule has 0 unspecified atom stereocenters. The van der Waals surface area contributed by atoms with E-state index in [1.54, 1.807) is 0 Å². The first kappa shape index (κ1) is 16.7. The van der Waals surface area contributed by atoms with Gasteiger partial charge in [0.2, 0.25) is 0 Å². The third-order valence-corrected chi connectivity index (χ3v) is 0.949. The van der Waals surface area contributed by atoms with Crippen LogP contribution in [0.5, 0.6) is 0 Å². The van der Waals surface area contributed by atoms with Crippen LogP contribution in [0.1, 0.15) is 0 Å². The van der Waals surface area contributed by atoms with Gasteiger partial charge in [0.1, 0.15) is 6.61 Å². The molecule has 0 amide bonds. The van der Waals surface area contributed by atoms with Gasteiger partial charge in [-0.1, -0.05) is 6.58 Å². The van der Waals surface area contributed by atoms with E-state index in [9.17, 15) is 9.36 Å². The van der Waals surface area contributed by atoms with Crippen molar-refractivity contribution in [2.45, 2.75) is 0 Å². The summed E-state index contributed by atoms with van der Waals surface area (Å²) in [5.41, 5.74) is 0. The van der Waals surface area contributed by atoms with Gasteiger partial charge in [0.25, 0.3) is 0 Å². The SMILES string of the molecule is C=CC(=O)OCCN(C)C.CP(=O)(O)O. The molecule has 0 atom stereocenters. The summed E-state index contributed by atoms with van der Waals surface area (Å²) < 4.78 is 14.0. The molecule has 2 N–H and O–H groups in total. The van der Waals surface area contributed by atoms with E-state index in [1.807, 2.05) is 19.0 Å². The monoisotopic (exact) mass is 239 g/mol. The van der Waals surface area contributed by atoms with Crippen LogP contribution in [-0.2, 0) is 14.1 Å². The number of ether oxygens (including phenoxy) is 1. The average molecular weight is 239 g/mol. The van der Waals surface area contributed by atoms with Crippen molar-refractivity contribution < 1.29 is 23.9 Å². The predicted octanol–water partition coefficient (Wildman–Crippen LogP) is 0.0711. The van der Waals surface area contributed by atoms with E-state index < -0.39 is 7.60 Å². The van der Waals surface area contributed by atoms with Gasteiger partial charge in [-0.15, -0.1) is 0 Å². The summed E-state index contributed by atoms with van der Waals surface area (Å²) in [6.07, 6.45) is 1.16. The number of nitrogens with zero attached hydrogens (tertiary/aromatic N) is 1. The van der Waals surface area contributed by atoms with Crippen molar-refractivity contribution in [3.05, 3.63) is 12.7 Å². The van der Waals surface area contributed by atoms with E-state index in [2.05, 4.69) is 6.58 Å². The van der Waals surface area contributed by atoms with E-state index >= 15 is 0 Å². The zero-order chi connectivity index (χ0) is 12.5. The molecule has 7 heteroatoms. The molecule has 0 aliphatic heterocycles. The fourth-order valence-corrected chi connectivity index (χ4v) is 0.388. The van der Waals surface area contributed by atoms with Crippen molar-refractivity contribution >= 4 is 13.6 Å². The van der Waals surface area contributed by atoms with Crippen LogP contribution in [0.15, 0.2) is 12.7 Å². The number of carbonyl (C=O) groups excluding carboxylic acids is 1. The van der Waals surface area contributed by atoms with Crippen molar-refractivity contribution in [1.82, 2.24) is 4.90 Å². The van der Waals surface area contributed by atoms with Crippen LogP contribution in [0.4, 0.5) is 0 Å². The Morgan fingerprint density at radius 1 is 1.53 bits per heavy atom. The number of carbonyl (C=O) groups is 1. The summed E-state index contributed by atoms with van der Waals surface area (Å²) in [5, 5.41) is 0. The second-order valence-corrected chi connectivity index (χ2v) is 4.68. The lowest BCUT2D eigenvalue weighted by Crippen LogP contribution is -2.19. The Morgan fingerprint density at radius 2 is 1.93 bits per heavy atom. The van der Waals surface area contributed by atoms with E-state index in [-0.39, 0.29) is 5.97 Å². The van der Waals surface area contributed by atoms with Crippen LogP contribution >= 0.6 is 7.60 Å². The van der Waals surface area contributed by atoms with Gasteiger partial charge in [-0.05, 0) is 14.1 Å². The maximum atomic E-state index is 10.4. The molecule has 0 aliphatic rings. The van der Waals surface area contributed by atoms with Gasteiger partial charge >= 0.3 is 13.6 Å². The lowest BCUT2D eigenvalue weighted by Gasteiger charge is -2.07. The van der Waals surface area contributed by atoms with Crippen LogP contribution in [0, 0.1) is 0 Å². The number of hydrogen-bond donors (Lipinski definition) is 2. The predicted molar refractivity (Wildman–Crippen MR) is 57.7 cm³/mol. The van der Waals surface area contributed by atoms with Gasteiger partial charge in [-0.25, -0.2) is 4.79 Å².